The van der Waals surface area contributed by atoms with Crippen molar-refractivity contribution in [2.45, 2.75) is 58.8 Å². The van der Waals surface area contributed by atoms with Gasteiger partial charge in [0.15, 0.2) is 0 Å². The van der Waals surface area contributed by atoms with Gasteiger partial charge in [-0.2, -0.15) is 0 Å². The monoisotopic (exact) mass is 206 g/mol. The number of nitrogens with zero attached hydrogens (tertiary/aromatic N) is 2. The zero-order chi connectivity index (χ0) is 11.5. The van der Waals surface area contributed by atoms with Crippen LogP contribution >= 0.6 is 0 Å². The highest BCUT2D eigenvalue weighted by Crippen LogP contribution is 2.22. The number of hydrogen-bond donors (Lipinski definition) is 0. The van der Waals surface area contributed by atoms with Gasteiger partial charge in [0.05, 0.1) is 0 Å². The average Bonchev–Trinajstić information content (AvgIpc) is 2.17. The third kappa shape index (κ3) is 3.29. The Morgan fingerprint density at radius 3 is 2.53 bits per heavy atom. The Balaban J connectivity index is 2.92. The molecule has 84 valence electrons. The van der Waals surface area contributed by atoms with Gasteiger partial charge in [-0.15, -0.1) is 0 Å². The van der Waals surface area contributed by atoms with E-state index in [4.69, 9.17) is 0 Å². The molecular formula is C13H22N2. The zero-order valence-electron chi connectivity index (χ0n) is 10.5. The van der Waals surface area contributed by atoms with Crippen LogP contribution in [0.15, 0.2) is 12.3 Å². The first-order chi connectivity index (χ1) is 6.95. The lowest BCUT2D eigenvalue weighted by Gasteiger charge is -2.18. The van der Waals surface area contributed by atoms with Crippen molar-refractivity contribution in [1.82, 2.24) is 9.97 Å². The van der Waals surface area contributed by atoms with Crippen molar-refractivity contribution >= 4 is 0 Å². The van der Waals surface area contributed by atoms with Crippen LogP contribution in [0.1, 0.15) is 64.9 Å². The molecule has 2 nitrogen and oxygen atoms in total. The first-order valence-electron chi connectivity index (χ1n) is 5.78. The number of rotatable bonds is 3. The van der Waals surface area contributed by atoms with Gasteiger partial charge in [-0.25, -0.2) is 9.97 Å². The van der Waals surface area contributed by atoms with Crippen LogP contribution in [0.4, 0.5) is 0 Å². The van der Waals surface area contributed by atoms with E-state index < -0.39 is 0 Å². The van der Waals surface area contributed by atoms with E-state index in [1.165, 1.54) is 18.5 Å². The molecule has 15 heavy (non-hydrogen) atoms. The highest BCUT2D eigenvalue weighted by Gasteiger charge is 2.18. The second kappa shape index (κ2) is 4.73. The fourth-order valence-electron chi connectivity index (χ4n) is 1.59. The van der Waals surface area contributed by atoms with Gasteiger partial charge in [-0.3, -0.25) is 0 Å². The molecule has 1 aromatic rings. The molecule has 0 fully saturated rings. The summed E-state index contributed by atoms with van der Waals surface area (Å²) in [4.78, 5) is 8.99. The Hall–Kier alpha value is -0.920. The molecule has 1 heterocycles. The van der Waals surface area contributed by atoms with Crippen molar-refractivity contribution in [3.63, 3.8) is 0 Å². The second-order valence-corrected chi connectivity index (χ2v) is 5.24. The van der Waals surface area contributed by atoms with Crippen LogP contribution in [-0.2, 0) is 5.41 Å². The maximum absolute atomic E-state index is 4.65. The second-order valence-electron chi connectivity index (χ2n) is 5.24. The molecule has 0 aliphatic carbocycles. The van der Waals surface area contributed by atoms with Crippen LogP contribution in [0.2, 0.25) is 0 Å². The van der Waals surface area contributed by atoms with Crippen LogP contribution < -0.4 is 0 Å². The number of aromatic nitrogens is 2. The minimum atomic E-state index is 0.0436. The molecule has 0 aliphatic rings. The van der Waals surface area contributed by atoms with Crippen molar-refractivity contribution in [1.29, 1.82) is 0 Å². The number of hydrogen-bond acceptors (Lipinski definition) is 2. The standard InChI is InChI=1S/C13H22N2/c1-6-7-10(2)11-8-9-14-12(15-11)13(3,4)5/h8-10H,6-7H2,1-5H3. The molecule has 1 atom stereocenters. The van der Waals surface area contributed by atoms with Crippen molar-refractivity contribution in [3.8, 4) is 0 Å². The summed E-state index contributed by atoms with van der Waals surface area (Å²) in [5, 5.41) is 0. The normalized spacial score (nSPS) is 13.9. The quantitative estimate of drug-likeness (QED) is 0.754. The van der Waals surface area contributed by atoms with Gasteiger partial charge >= 0.3 is 0 Å². The van der Waals surface area contributed by atoms with Gasteiger partial charge in [-0.1, -0.05) is 41.0 Å². The van der Waals surface area contributed by atoms with Crippen molar-refractivity contribution in [2.75, 3.05) is 0 Å². The van der Waals surface area contributed by atoms with E-state index in [0.717, 1.165) is 5.82 Å². The SMILES string of the molecule is CCCC(C)c1ccnc(C(C)(C)C)n1. The van der Waals surface area contributed by atoms with Crippen LogP contribution in [-0.4, -0.2) is 9.97 Å². The molecule has 1 rings (SSSR count). The molecular weight excluding hydrogens is 184 g/mol. The van der Waals surface area contributed by atoms with Crippen molar-refractivity contribution in [2.24, 2.45) is 0 Å². The Morgan fingerprint density at radius 2 is 2.00 bits per heavy atom. The lowest BCUT2D eigenvalue weighted by atomic mass is 9.95. The van der Waals surface area contributed by atoms with E-state index in [-0.39, 0.29) is 5.41 Å². The first kappa shape index (κ1) is 12.2. The van der Waals surface area contributed by atoms with Gasteiger partial charge in [0.25, 0.3) is 0 Å². The predicted molar refractivity (Wildman–Crippen MR) is 64.1 cm³/mol. The van der Waals surface area contributed by atoms with E-state index in [1.54, 1.807) is 0 Å². The lowest BCUT2D eigenvalue weighted by Crippen LogP contribution is -2.17. The van der Waals surface area contributed by atoms with Gasteiger partial charge < -0.3 is 0 Å². The summed E-state index contributed by atoms with van der Waals surface area (Å²) < 4.78 is 0. The molecule has 0 amide bonds. The largest absolute Gasteiger partial charge is 0.241 e. The molecule has 1 unspecified atom stereocenters. The smallest absolute Gasteiger partial charge is 0.133 e. The summed E-state index contributed by atoms with van der Waals surface area (Å²) in [5.74, 6) is 1.49. The van der Waals surface area contributed by atoms with E-state index >= 15 is 0 Å². The van der Waals surface area contributed by atoms with Gasteiger partial charge in [0.2, 0.25) is 0 Å². The van der Waals surface area contributed by atoms with Gasteiger partial charge in [0.1, 0.15) is 5.82 Å². The first-order valence-corrected chi connectivity index (χ1v) is 5.78. The molecule has 0 saturated heterocycles. The van der Waals surface area contributed by atoms with Gasteiger partial charge in [-0.05, 0) is 18.4 Å². The fraction of sp³-hybridized carbons (Fsp3) is 0.692. The summed E-state index contributed by atoms with van der Waals surface area (Å²) >= 11 is 0. The van der Waals surface area contributed by atoms with Crippen LogP contribution in [0, 0.1) is 0 Å². The fourth-order valence-corrected chi connectivity index (χ4v) is 1.59. The summed E-state index contributed by atoms with van der Waals surface area (Å²) in [5.41, 5.74) is 1.22. The topological polar surface area (TPSA) is 25.8 Å². The molecule has 0 aromatic carbocycles. The molecule has 0 saturated carbocycles. The maximum atomic E-state index is 4.65. The molecule has 2 heteroatoms. The van der Waals surface area contributed by atoms with Crippen molar-refractivity contribution < 1.29 is 0 Å². The maximum Gasteiger partial charge on any atom is 0.133 e. The summed E-state index contributed by atoms with van der Waals surface area (Å²) in [6.07, 6.45) is 4.28. The lowest BCUT2D eigenvalue weighted by molar-refractivity contribution is 0.533. The Labute approximate surface area is 93.2 Å². The minimum Gasteiger partial charge on any atom is -0.241 e. The van der Waals surface area contributed by atoms with E-state index in [2.05, 4.69) is 44.6 Å². The Morgan fingerprint density at radius 1 is 1.33 bits per heavy atom. The van der Waals surface area contributed by atoms with Crippen LogP contribution in [0.25, 0.3) is 0 Å². The Bertz CT molecular complexity index is 313. The Kier molecular flexibility index (Phi) is 3.83. The molecule has 0 spiro atoms. The summed E-state index contributed by atoms with van der Waals surface area (Å²) in [7, 11) is 0. The third-order valence-corrected chi connectivity index (χ3v) is 2.57. The van der Waals surface area contributed by atoms with E-state index in [9.17, 15) is 0 Å². The van der Waals surface area contributed by atoms with Crippen LogP contribution in [0.3, 0.4) is 0 Å². The molecule has 0 radical (unpaired) electrons. The predicted octanol–water partition coefficient (Wildman–Crippen LogP) is 3.68. The molecule has 1 aromatic heterocycles. The summed E-state index contributed by atoms with van der Waals surface area (Å²) in [6.45, 7) is 10.9. The average molecular weight is 206 g/mol. The summed E-state index contributed by atoms with van der Waals surface area (Å²) in [6, 6.07) is 2.04. The van der Waals surface area contributed by atoms with E-state index in [0.29, 0.717) is 5.92 Å². The zero-order valence-corrected chi connectivity index (χ0v) is 10.5. The van der Waals surface area contributed by atoms with E-state index in [1.807, 2.05) is 12.3 Å². The highest BCUT2D eigenvalue weighted by molar-refractivity contribution is 5.11. The molecule has 0 bridgehead atoms. The van der Waals surface area contributed by atoms with Gasteiger partial charge in [0, 0.05) is 17.3 Å². The highest BCUT2D eigenvalue weighted by atomic mass is 14.9. The third-order valence-electron chi connectivity index (χ3n) is 2.57. The van der Waals surface area contributed by atoms with Crippen LogP contribution in [0.5, 0.6) is 0 Å². The minimum absolute atomic E-state index is 0.0436. The van der Waals surface area contributed by atoms with Crippen molar-refractivity contribution in [3.05, 3.63) is 23.8 Å². The molecule has 0 aliphatic heterocycles. The molecule has 0 N–H and O–H groups in total.